The first-order chi connectivity index (χ1) is 9.54. The first kappa shape index (κ1) is 13.3. The molecule has 2 N–H and O–H groups in total. The Morgan fingerprint density at radius 2 is 2.15 bits per heavy atom. The number of hydrogen-bond acceptors (Lipinski definition) is 5. The van der Waals surface area contributed by atoms with E-state index in [9.17, 15) is 4.39 Å². The fourth-order valence-electron chi connectivity index (χ4n) is 1.81. The van der Waals surface area contributed by atoms with E-state index in [-0.39, 0.29) is 5.82 Å². The number of aromatic nitrogens is 2. The maximum absolute atomic E-state index is 13.3. The van der Waals surface area contributed by atoms with Crippen LogP contribution in [0.25, 0.3) is 22.2 Å². The maximum Gasteiger partial charge on any atom is 0.268 e. The van der Waals surface area contributed by atoms with Gasteiger partial charge in [-0.25, -0.2) is 4.39 Å². The van der Waals surface area contributed by atoms with Gasteiger partial charge in [-0.15, -0.1) is 11.3 Å². The summed E-state index contributed by atoms with van der Waals surface area (Å²) < 4.78 is 19.3. The quantitative estimate of drug-likeness (QED) is 0.747. The van der Waals surface area contributed by atoms with Gasteiger partial charge in [0, 0.05) is 10.0 Å². The number of benzene rings is 1. The molecule has 102 valence electrons. The lowest BCUT2D eigenvalue weighted by molar-refractivity contribution is 0.433. The van der Waals surface area contributed by atoms with Gasteiger partial charge >= 0.3 is 0 Å². The number of thiophene rings is 1. The molecule has 0 aliphatic heterocycles. The Bertz CT molecular complexity index is 784. The third-order valence-corrected chi connectivity index (χ3v) is 4.47. The zero-order valence-electron chi connectivity index (χ0n) is 10.4. The van der Waals surface area contributed by atoms with Crippen molar-refractivity contribution in [3.05, 3.63) is 40.1 Å². The Labute approximate surface area is 126 Å². The van der Waals surface area contributed by atoms with Crippen LogP contribution in [0, 0.1) is 12.7 Å². The van der Waals surface area contributed by atoms with Crippen LogP contribution < -0.4 is 5.73 Å². The fraction of sp³-hybridized carbons (Fsp3) is 0.0769. The Morgan fingerprint density at radius 3 is 2.85 bits per heavy atom. The topological polar surface area (TPSA) is 64.9 Å². The molecule has 1 aromatic carbocycles. The molecule has 0 fully saturated rings. The molecule has 0 aliphatic rings. The van der Waals surface area contributed by atoms with E-state index in [4.69, 9.17) is 10.3 Å². The van der Waals surface area contributed by atoms with Crippen molar-refractivity contribution in [2.24, 2.45) is 0 Å². The van der Waals surface area contributed by atoms with Gasteiger partial charge in [0.05, 0.1) is 9.88 Å². The van der Waals surface area contributed by atoms with Crippen molar-refractivity contribution in [1.82, 2.24) is 10.1 Å². The van der Waals surface area contributed by atoms with E-state index < -0.39 is 0 Å². The van der Waals surface area contributed by atoms with E-state index in [0.29, 0.717) is 26.8 Å². The average Bonchev–Trinajstić information content (AvgIpc) is 2.99. The SMILES string of the molecule is Cc1cc(N)sc1-c1nc(-c2cc(F)ccc2Br)no1. The zero-order valence-corrected chi connectivity index (χ0v) is 12.8. The minimum Gasteiger partial charge on any atom is -0.391 e. The minimum atomic E-state index is -0.355. The van der Waals surface area contributed by atoms with Gasteiger partial charge in [0.25, 0.3) is 5.89 Å². The number of nitrogens with zero attached hydrogens (tertiary/aromatic N) is 2. The molecule has 0 saturated carbocycles. The van der Waals surface area contributed by atoms with E-state index in [1.165, 1.54) is 23.5 Å². The van der Waals surface area contributed by atoms with Gasteiger partial charge < -0.3 is 10.3 Å². The molecular weight excluding hydrogens is 345 g/mol. The largest absolute Gasteiger partial charge is 0.391 e. The first-order valence-corrected chi connectivity index (χ1v) is 7.31. The van der Waals surface area contributed by atoms with Crippen molar-refractivity contribution in [3.8, 4) is 22.2 Å². The van der Waals surface area contributed by atoms with Crippen molar-refractivity contribution < 1.29 is 8.91 Å². The van der Waals surface area contributed by atoms with Crippen LogP contribution in [0.15, 0.2) is 33.3 Å². The molecule has 20 heavy (non-hydrogen) atoms. The summed E-state index contributed by atoms with van der Waals surface area (Å²) in [7, 11) is 0. The first-order valence-electron chi connectivity index (χ1n) is 5.70. The fourth-order valence-corrected chi connectivity index (χ4v) is 3.10. The van der Waals surface area contributed by atoms with E-state index in [1.807, 2.05) is 13.0 Å². The summed E-state index contributed by atoms with van der Waals surface area (Å²) in [6, 6.07) is 6.17. The number of nitrogens with two attached hydrogens (primary N) is 1. The molecule has 0 amide bonds. The van der Waals surface area contributed by atoms with Gasteiger partial charge in [0.2, 0.25) is 5.82 Å². The molecular formula is C13H9BrFN3OS. The molecule has 2 aromatic heterocycles. The summed E-state index contributed by atoms with van der Waals surface area (Å²) >= 11 is 4.72. The second kappa shape index (κ2) is 4.99. The molecule has 0 atom stereocenters. The monoisotopic (exact) mass is 353 g/mol. The van der Waals surface area contributed by atoms with Crippen LogP contribution in [-0.2, 0) is 0 Å². The molecule has 0 spiro atoms. The van der Waals surface area contributed by atoms with E-state index >= 15 is 0 Å². The van der Waals surface area contributed by atoms with Crippen LogP contribution in [0.5, 0.6) is 0 Å². The standard InChI is InChI=1S/C13H9BrFN3OS/c1-6-4-10(16)20-11(6)13-17-12(18-19-13)8-5-7(15)2-3-9(8)14/h2-5H,16H2,1H3. The van der Waals surface area contributed by atoms with Crippen LogP contribution in [0.2, 0.25) is 0 Å². The smallest absolute Gasteiger partial charge is 0.268 e. The van der Waals surface area contributed by atoms with Gasteiger partial charge in [0.1, 0.15) is 5.82 Å². The van der Waals surface area contributed by atoms with Crippen molar-refractivity contribution >= 4 is 32.3 Å². The number of hydrogen-bond donors (Lipinski definition) is 1. The number of aryl methyl sites for hydroxylation is 1. The molecule has 0 bridgehead atoms. The number of halogens is 2. The lowest BCUT2D eigenvalue weighted by Gasteiger charge is -1.98. The zero-order chi connectivity index (χ0) is 14.3. The number of rotatable bonds is 2. The predicted molar refractivity (Wildman–Crippen MR) is 79.9 cm³/mol. The number of anilines is 1. The van der Waals surface area contributed by atoms with Gasteiger partial charge in [-0.1, -0.05) is 21.1 Å². The molecule has 0 saturated heterocycles. The summed E-state index contributed by atoms with van der Waals surface area (Å²) in [4.78, 5) is 5.13. The third-order valence-electron chi connectivity index (χ3n) is 2.73. The van der Waals surface area contributed by atoms with Crippen LogP contribution >= 0.6 is 27.3 Å². The summed E-state index contributed by atoms with van der Waals surface area (Å²) in [5, 5.41) is 4.58. The minimum absolute atomic E-state index is 0.331. The molecule has 3 aromatic rings. The number of nitrogen functional groups attached to an aromatic ring is 1. The Balaban J connectivity index is 2.06. The molecule has 0 aliphatic carbocycles. The second-order valence-corrected chi connectivity index (χ2v) is 6.15. The molecule has 4 nitrogen and oxygen atoms in total. The Morgan fingerprint density at radius 1 is 1.35 bits per heavy atom. The van der Waals surface area contributed by atoms with Crippen LogP contribution in [0.1, 0.15) is 5.56 Å². The maximum atomic E-state index is 13.3. The highest BCUT2D eigenvalue weighted by molar-refractivity contribution is 9.10. The van der Waals surface area contributed by atoms with Crippen molar-refractivity contribution in [3.63, 3.8) is 0 Å². The summed E-state index contributed by atoms with van der Waals surface area (Å²) in [5.74, 6) is 0.360. The highest BCUT2D eigenvalue weighted by atomic mass is 79.9. The summed E-state index contributed by atoms with van der Waals surface area (Å²) in [6.45, 7) is 1.92. The second-order valence-electron chi connectivity index (χ2n) is 4.21. The predicted octanol–water partition coefficient (Wildman–Crippen LogP) is 4.26. The summed E-state index contributed by atoms with van der Waals surface area (Å²) in [5.41, 5.74) is 7.27. The van der Waals surface area contributed by atoms with Gasteiger partial charge in [-0.2, -0.15) is 4.98 Å². The van der Waals surface area contributed by atoms with E-state index in [1.54, 1.807) is 6.07 Å². The van der Waals surface area contributed by atoms with Crippen LogP contribution in [0.3, 0.4) is 0 Å². The lowest BCUT2D eigenvalue weighted by Crippen LogP contribution is -1.85. The average molecular weight is 354 g/mol. The lowest BCUT2D eigenvalue weighted by atomic mass is 10.2. The summed E-state index contributed by atoms with van der Waals surface area (Å²) in [6.07, 6.45) is 0. The van der Waals surface area contributed by atoms with Gasteiger partial charge in [-0.05, 0) is 36.8 Å². The normalized spacial score (nSPS) is 10.9. The van der Waals surface area contributed by atoms with Crippen molar-refractivity contribution in [2.45, 2.75) is 6.92 Å². The van der Waals surface area contributed by atoms with Crippen LogP contribution in [-0.4, -0.2) is 10.1 Å². The van der Waals surface area contributed by atoms with Crippen LogP contribution in [0.4, 0.5) is 9.39 Å². The van der Waals surface area contributed by atoms with Gasteiger partial charge in [-0.3, -0.25) is 0 Å². The van der Waals surface area contributed by atoms with Crippen molar-refractivity contribution in [2.75, 3.05) is 5.73 Å². The van der Waals surface area contributed by atoms with Gasteiger partial charge in [0.15, 0.2) is 0 Å². The molecule has 2 heterocycles. The Hall–Kier alpha value is -1.73. The highest BCUT2D eigenvalue weighted by Gasteiger charge is 2.17. The van der Waals surface area contributed by atoms with Crippen molar-refractivity contribution in [1.29, 1.82) is 0 Å². The molecule has 0 radical (unpaired) electrons. The molecule has 0 unspecified atom stereocenters. The molecule has 7 heteroatoms. The highest BCUT2D eigenvalue weighted by Crippen LogP contribution is 2.34. The molecule has 3 rings (SSSR count). The Kier molecular flexibility index (Phi) is 3.31. The van der Waals surface area contributed by atoms with E-state index in [2.05, 4.69) is 26.1 Å². The third kappa shape index (κ3) is 2.34. The van der Waals surface area contributed by atoms with E-state index in [0.717, 1.165) is 10.4 Å².